The molecular weight excluding hydrogens is 350 g/mol. The molecule has 3 amide bonds. The van der Waals surface area contributed by atoms with Crippen molar-refractivity contribution in [1.29, 1.82) is 0 Å². The van der Waals surface area contributed by atoms with E-state index in [1.165, 1.54) is 11.3 Å². The van der Waals surface area contributed by atoms with E-state index in [0.717, 1.165) is 38.6 Å². The minimum atomic E-state index is -0.371. The Hall–Kier alpha value is -1.89. The van der Waals surface area contributed by atoms with Crippen LogP contribution in [0.15, 0.2) is 17.5 Å². The fraction of sp³-hybridized carbons (Fsp3) is 0.632. The molecule has 0 radical (unpaired) electrons. The third-order valence-electron chi connectivity index (χ3n) is 5.12. The van der Waals surface area contributed by atoms with Gasteiger partial charge in [-0.15, -0.1) is 11.3 Å². The summed E-state index contributed by atoms with van der Waals surface area (Å²) in [5.41, 5.74) is 0. The standard InChI is InChI=1S/C19H27N3O3S/c23-17-9-2-1-3-11-21(17)12-6-10-20-18(24)15-7-4-13-22(15)19(25)16-8-5-14-26-16/h5,8,14-15H,1-4,6-7,9-13H2,(H,20,24). The SMILES string of the molecule is O=C(NCCCN1CCCCCC1=O)C1CCCN1C(=O)c1cccs1. The largest absolute Gasteiger partial charge is 0.354 e. The highest BCUT2D eigenvalue weighted by molar-refractivity contribution is 7.12. The van der Waals surface area contributed by atoms with Crippen LogP contribution in [-0.2, 0) is 9.59 Å². The maximum absolute atomic E-state index is 12.5. The molecule has 1 unspecified atom stereocenters. The number of thiophene rings is 1. The van der Waals surface area contributed by atoms with Gasteiger partial charge in [-0.05, 0) is 43.6 Å². The number of hydrogen-bond donors (Lipinski definition) is 1. The summed E-state index contributed by atoms with van der Waals surface area (Å²) in [5.74, 6) is 0.111. The van der Waals surface area contributed by atoms with Gasteiger partial charge < -0.3 is 15.1 Å². The van der Waals surface area contributed by atoms with E-state index in [0.29, 0.717) is 37.4 Å². The zero-order valence-corrected chi connectivity index (χ0v) is 15.9. The second-order valence-electron chi connectivity index (χ2n) is 6.97. The molecule has 0 aromatic carbocycles. The lowest BCUT2D eigenvalue weighted by Crippen LogP contribution is -2.46. The first-order valence-electron chi connectivity index (χ1n) is 9.57. The lowest BCUT2D eigenvalue weighted by atomic mass is 10.2. The second-order valence-corrected chi connectivity index (χ2v) is 7.92. The van der Waals surface area contributed by atoms with Crippen molar-refractivity contribution in [3.05, 3.63) is 22.4 Å². The molecule has 0 bridgehead atoms. The molecule has 142 valence electrons. The molecule has 2 saturated heterocycles. The summed E-state index contributed by atoms with van der Waals surface area (Å²) in [6.45, 7) is 2.71. The predicted molar refractivity (Wildman–Crippen MR) is 101 cm³/mol. The van der Waals surface area contributed by atoms with E-state index >= 15 is 0 Å². The van der Waals surface area contributed by atoms with Gasteiger partial charge >= 0.3 is 0 Å². The Balaban J connectivity index is 1.44. The number of amides is 3. The second kappa shape index (κ2) is 9.16. The van der Waals surface area contributed by atoms with Gasteiger partial charge in [0.1, 0.15) is 6.04 Å². The quantitative estimate of drug-likeness (QED) is 0.773. The molecule has 3 rings (SSSR count). The maximum atomic E-state index is 12.5. The van der Waals surface area contributed by atoms with Gasteiger partial charge in [-0.25, -0.2) is 0 Å². The minimum absolute atomic E-state index is 0.0483. The van der Waals surface area contributed by atoms with Crippen LogP contribution in [0.5, 0.6) is 0 Å². The first-order chi connectivity index (χ1) is 12.7. The lowest BCUT2D eigenvalue weighted by molar-refractivity contribution is -0.130. The molecule has 0 spiro atoms. The summed E-state index contributed by atoms with van der Waals surface area (Å²) in [6.07, 6.45) is 6.15. The van der Waals surface area contributed by atoms with E-state index < -0.39 is 0 Å². The highest BCUT2D eigenvalue weighted by atomic mass is 32.1. The first-order valence-corrected chi connectivity index (χ1v) is 10.4. The van der Waals surface area contributed by atoms with Crippen molar-refractivity contribution in [2.75, 3.05) is 26.2 Å². The molecule has 2 aliphatic rings. The van der Waals surface area contributed by atoms with Crippen molar-refractivity contribution >= 4 is 29.1 Å². The fourth-order valence-corrected chi connectivity index (χ4v) is 4.38. The van der Waals surface area contributed by atoms with Crippen LogP contribution in [0.4, 0.5) is 0 Å². The molecule has 26 heavy (non-hydrogen) atoms. The Kier molecular flexibility index (Phi) is 6.66. The summed E-state index contributed by atoms with van der Waals surface area (Å²) in [4.78, 5) is 41.3. The molecule has 1 aromatic heterocycles. The average Bonchev–Trinajstić information content (AvgIpc) is 3.30. The molecule has 6 nitrogen and oxygen atoms in total. The molecule has 1 N–H and O–H groups in total. The van der Waals surface area contributed by atoms with Gasteiger partial charge in [0.2, 0.25) is 11.8 Å². The van der Waals surface area contributed by atoms with Crippen LogP contribution in [0.1, 0.15) is 54.6 Å². The van der Waals surface area contributed by atoms with E-state index in [1.807, 2.05) is 16.3 Å². The maximum Gasteiger partial charge on any atom is 0.264 e. The van der Waals surface area contributed by atoms with Gasteiger partial charge in [0.15, 0.2) is 0 Å². The van der Waals surface area contributed by atoms with Crippen LogP contribution in [0, 0.1) is 0 Å². The molecule has 1 atom stereocenters. The van der Waals surface area contributed by atoms with Crippen molar-refractivity contribution in [3.63, 3.8) is 0 Å². The van der Waals surface area contributed by atoms with E-state index in [-0.39, 0.29) is 23.8 Å². The summed E-state index contributed by atoms with van der Waals surface area (Å²) >= 11 is 1.41. The van der Waals surface area contributed by atoms with Crippen molar-refractivity contribution in [2.45, 2.75) is 51.0 Å². The van der Waals surface area contributed by atoms with E-state index in [2.05, 4.69) is 5.32 Å². The molecule has 2 fully saturated rings. The normalized spacial score (nSPS) is 20.9. The molecule has 2 aliphatic heterocycles. The molecule has 3 heterocycles. The fourth-order valence-electron chi connectivity index (χ4n) is 3.70. The highest BCUT2D eigenvalue weighted by Gasteiger charge is 2.34. The topological polar surface area (TPSA) is 69.7 Å². The van der Waals surface area contributed by atoms with Crippen molar-refractivity contribution in [3.8, 4) is 0 Å². The Morgan fingerprint density at radius 3 is 2.88 bits per heavy atom. The summed E-state index contributed by atoms with van der Waals surface area (Å²) in [6, 6.07) is 3.29. The molecule has 0 aliphatic carbocycles. The minimum Gasteiger partial charge on any atom is -0.354 e. The molecular formula is C19H27N3O3S. The summed E-state index contributed by atoms with van der Waals surface area (Å²) in [7, 11) is 0. The highest BCUT2D eigenvalue weighted by Crippen LogP contribution is 2.22. The van der Waals surface area contributed by atoms with Gasteiger partial charge in [-0.3, -0.25) is 14.4 Å². The van der Waals surface area contributed by atoms with Gasteiger partial charge in [0, 0.05) is 32.6 Å². The Morgan fingerprint density at radius 2 is 2.08 bits per heavy atom. The van der Waals surface area contributed by atoms with Crippen molar-refractivity contribution < 1.29 is 14.4 Å². The van der Waals surface area contributed by atoms with Crippen LogP contribution in [-0.4, -0.2) is 59.7 Å². The number of carbonyl (C=O) groups is 3. The van der Waals surface area contributed by atoms with Crippen LogP contribution >= 0.6 is 11.3 Å². The Bertz CT molecular complexity index is 632. The van der Waals surface area contributed by atoms with Gasteiger partial charge in [0.25, 0.3) is 5.91 Å². The van der Waals surface area contributed by atoms with Crippen LogP contribution in [0.2, 0.25) is 0 Å². The number of nitrogens with zero attached hydrogens (tertiary/aromatic N) is 2. The van der Waals surface area contributed by atoms with Gasteiger partial charge in [-0.1, -0.05) is 12.5 Å². The number of likely N-dealkylation sites (tertiary alicyclic amines) is 2. The number of hydrogen-bond acceptors (Lipinski definition) is 4. The zero-order valence-electron chi connectivity index (χ0n) is 15.1. The smallest absolute Gasteiger partial charge is 0.264 e. The Labute approximate surface area is 158 Å². The third-order valence-corrected chi connectivity index (χ3v) is 5.98. The number of rotatable bonds is 6. The van der Waals surface area contributed by atoms with Crippen LogP contribution in [0.3, 0.4) is 0 Å². The van der Waals surface area contributed by atoms with E-state index in [1.54, 1.807) is 11.0 Å². The van der Waals surface area contributed by atoms with Crippen molar-refractivity contribution in [1.82, 2.24) is 15.1 Å². The summed E-state index contributed by atoms with van der Waals surface area (Å²) < 4.78 is 0. The zero-order chi connectivity index (χ0) is 18.4. The Morgan fingerprint density at radius 1 is 1.19 bits per heavy atom. The predicted octanol–water partition coefficient (Wildman–Crippen LogP) is 2.26. The van der Waals surface area contributed by atoms with E-state index in [9.17, 15) is 14.4 Å². The molecule has 7 heteroatoms. The van der Waals surface area contributed by atoms with Gasteiger partial charge in [0.05, 0.1) is 4.88 Å². The monoisotopic (exact) mass is 377 g/mol. The lowest BCUT2D eigenvalue weighted by Gasteiger charge is -2.24. The van der Waals surface area contributed by atoms with E-state index in [4.69, 9.17) is 0 Å². The van der Waals surface area contributed by atoms with Crippen LogP contribution < -0.4 is 5.32 Å². The summed E-state index contributed by atoms with van der Waals surface area (Å²) in [5, 5.41) is 4.83. The molecule has 0 saturated carbocycles. The van der Waals surface area contributed by atoms with Crippen molar-refractivity contribution in [2.24, 2.45) is 0 Å². The third kappa shape index (κ3) is 4.63. The van der Waals surface area contributed by atoms with Gasteiger partial charge in [-0.2, -0.15) is 0 Å². The number of nitrogens with one attached hydrogen (secondary N) is 1. The number of carbonyl (C=O) groups excluding carboxylic acids is 3. The first kappa shape index (κ1) is 18.9. The molecule has 1 aromatic rings. The van der Waals surface area contributed by atoms with Crippen LogP contribution in [0.25, 0.3) is 0 Å². The average molecular weight is 378 g/mol.